The molecule has 0 aliphatic carbocycles. The van der Waals surface area contributed by atoms with Gasteiger partial charge in [0.25, 0.3) is 0 Å². The highest BCUT2D eigenvalue weighted by Gasteiger charge is 2.19. The van der Waals surface area contributed by atoms with E-state index >= 15 is 0 Å². The molecule has 1 heterocycles. The fraction of sp³-hybridized carbons (Fsp3) is 0.600. The van der Waals surface area contributed by atoms with E-state index in [0.29, 0.717) is 0 Å². The second kappa shape index (κ2) is 4.79. The zero-order valence-electron chi connectivity index (χ0n) is 11.2. The molecular formula is C15H23NO. The zero-order chi connectivity index (χ0) is 12.5. The van der Waals surface area contributed by atoms with Gasteiger partial charge >= 0.3 is 0 Å². The summed E-state index contributed by atoms with van der Waals surface area (Å²) in [4.78, 5) is 2.37. The van der Waals surface area contributed by atoms with Crippen molar-refractivity contribution in [1.82, 2.24) is 4.90 Å². The summed E-state index contributed by atoms with van der Waals surface area (Å²) in [6.07, 6.45) is 3.11. The van der Waals surface area contributed by atoms with Crippen LogP contribution in [0.3, 0.4) is 0 Å². The summed E-state index contributed by atoms with van der Waals surface area (Å²) in [5, 5.41) is 9.98. The lowest BCUT2D eigenvalue weighted by Crippen LogP contribution is -2.23. The van der Waals surface area contributed by atoms with Crippen LogP contribution in [-0.2, 0) is 19.4 Å². The van der Waals surface area contributed by atoms with Crippen molar-refractivity contribution < 1.29 is 5.11 Å². The Morgan fingerprint density at radius 1 is 1.35 bits per heavy atom. The summed E-state index contributed by atoms with van der Waals surface area (Å²) in [5.74, 6) is 0. The molecule has 0 saturated carbocycles. The molecule has 1 aliphatic heterocycles. The van der Waals surface area contributed by atoms with Crippen LogP contribution in [0.15, 0.2) is 18.2 Å². The van der Waals surface area contributed by atoms with Crippen LogP contribution in [0, 0.1) is 0 Å². The monoisotopic (exact) mass is 233 g/mol. The maximum absolute atomic E-state index is 9.98. The molecule has 0 bridgehead atoms. The smallest absolute Gasteiger partial charge is 0.0632 e. The summed E-state index contributed by atoms with van der Waals surface area (Å²) in [5.41, 5.74) is 3.61. The SMILES string of the molecule is CN1CCCc2c(cccc2CC(C)(C)O)C1. The van der Waals surface area contributed by atoms with Crippen molar-refractivity contribution in [3.05, 3.63) is 34.9 Å². The van der Waals surface area contributed by atoms with Crippen LogP contribution in [0.1, 0.15) is 37.0 Å². The predicted octanol–water partition coefficient (Wildman–Crippen LogP) is 2.38. The first-order valence-electron chi connectivity index (χ1n) is 6.46. The third kappa shape index (κ3) is 3.30. The van der Waals surface area contributed by atoms with E-state index in [4.69, 9.17) is 0 Å². The molecule has 0 radical (unpaired) electrons. The van der Waals surface area contributed by atoms with Crippen LogP contribution < -0.4 is 0 Å². The quantitative estimate of drug-likeness (QED) is 0.848. The Hall–Kier alpha value is -0.860. The highest BCUT2D eigenvalue weighted by Crippen LogP contribution is 2.24. The van der Waals surface area contributed by atoms with Crippen LogP contribution in [0.2, 0.25) is 0 Å². The number of hydrogen-bond donors (Lipinski definition) is 1. The molecule has 0 fully saturated rings. The van der Waals surface area contributed by atoms with Crippen LogP contribution in [0.25, 0.3) is 0 Å². The van der Waals surface area contributed by atoms with Crippen molar-refractivity contribution in [3.8, 4) is 0 Å². The second-order valence-electron chi connectivity index (χ2n) is 5.89. The van der Waals surface area contributed by atoms with Crippen molar-refractivity contribution in [1.29, 1.82) is 0 Å². The zero-order valence-corrected chi connectivity index (χ0v) is 11.2. The Kier molecular flexibility index (Phi) is 3.55. The number of benzene rings is 1. The predicted molar refractivity (Wildman–Crippen MR) is 71.1 cm³/mol. The molecule has 0 unspecified atom stereocenters. The van der Waals surface area contributed by atoms with Crippen molar-refractivity contribution in [3.63, 3.8) is 0 Å². The van der Waals surface area contributed by atoms with Gasteiger partial charge in [0.15, 0.2) is 0 Å². The molecule has 1 N–H and O–H groups in total. The first-order valence-corrected chi connectivity index (χ1v) is 6.46. The minimum Gasteiger partial charge on any atom is -0.390 e. The van der Waals surface area contributed by atoms with Gasteiger partial charge in [-0.2, -0.15) is 0 Å². The average molecular weight is 233 g/mol. The normalized spacial score (nSPS) is 17.6. The fourth-order valence-electron chi connectivity index (χ4n) is 2.68. The number of nitrogens with zero attached hydrogens (tertiary/aromatic N) is 1. The van der Waals surface area contributed by atoms with Gasteiger partial charge in [-0.15, -0.1) is 0 Å². The Balaban J connectivity index is 2.32. The highest BCUT2D eigenvalue weighted by molar-refractivity contribution is 5.37. The van der Waals surface area contributed by atoms with Crippen molar-refractivity contribution in [2.45, 2.75) is 45.3 Å². The maximum atomic E-state index is 9.98. The van der Waals surface area contributed by atoms with E-state index < -0.39 is 5.60 Å². The molecule has 1 aromatic carbocycles. The Labute approximate surface area is 104 Å². The first-order chi connectivity index (χ1) is 7.96. The van der Waals surface area contributed by atoms with E-state index in [1.54, 1.807) is 0 Å². The molecule has 1 aliphatic rings. The molecule has 1 aromatic rings. The number of fused-ring (bicyclic) bond motifs is 1. The molecule has 2 nitrogen and oxygen atoms in total. The van der Waals surface area contributed by atoms with Gasteiger partial charge in [0.05, 0.1) is 5.60 Å². The lowest BCUT2D eigenvalue weighted by atomic mass is 9.90. The standard InChI is InChI=1S/C15H23NO/c1-15(2,17)10-12-6-4-7-13-11-16(3)9-5-8-14(12)13/h4,6-7,17H,5,8-11H2,1-3H3. The maximum Gasteiger partial charge on any atom is 0.0632 e. The van der Waals surface area contributed by atoms with Crippen LogP contribution in [-0.4, -0.2) is 29.2 Å². The van der Waals surface area contributed by atoms with Gasteiger partial charge in [-0.25, -0.2) is 0 Å². The van der Waals surface area contributed by atoms with Crippen molar-refractivity contribution in [2.75, 3.05) is 13.6 Å². The summed E-state index contributed by atoms with van der Waals surface area (Å²) in [6, 6.07) is 6.52. The average Bonchev–Trinajstić information content (AvgIpc) is 2.37. The van der Waals surface area contributed by atoms with Crippen molar-refractivity contribution >= 4 is 0 Å². The Morgan fingerprint density at radius 2 is 2.12 bits per heavy atom. The van der Waals surface area contributed by atoms with Crippen LogP contribution in [0.5, 0.6) is 0 Å². The van der Waals surface area contributed by atoms with Gasteiger partial charge in [0.1, 0.15) is 0 Å². The van der Waals surface area contributed by atoms with E-state index in [-0.39, 0.29) is 0 Å². The molecule has 0 aromatic heterocycles. The molecular weight excluding hydrogens is 210 g/mol. The Bertz CT molecular complexity index is 392. The largest absolute Gasteiger partial charge is 0.390 e. The Morgan fingerprint density at radius 3 is 2.82 bits per heavy atom. The summed E-state index contributed by atoms with van der Waals surface area (Å²) in [7, 11) is 2.18. The molecule has 0 amide bonds. The molecule has 94 valence electrons. The minimum absolute atomic E-state index is 0.618. The van der Waals surface area contributed by atoms with E-state index in [2.05, 4.69) is 30.1 Å². The highest BCUT2D eigenvalue weighted by atomic mass is 16.3. The number of rotatable bonds is 2. The summed E-state index contributed by atoms with van der Waals surface area (Å²) in [6.45, 7) is 5.97. The molecule has 17 heavy (non-hydrogen) atoms. The van der Waals surface area contributed by atoms with E-state index in [1.807, 2.05) is 13.8 Å². The number of hydrogen-bond acceptors (Lipinski definition) is 2. The van der Waals surface area contributed by atoms with E-state index in [1.165, 1.54) is 23.1 Å². The van der Waals surface area contributed by atoms with E-state index in [0.717, 1.165) is 25.9 Å². The van der Waals surface area contributed by atoms with Gasteiger partial charge in [-0.1, -0.05) is 18.2 Å². The second-order valence-corrected chi connectivity index (χ2v) is 5.89. The lowest BCUT2D eigenvalue weighted by molar-refractivity contribution is 0.0807. The number of aliphatic hydroxyl groups is 1. The summed E-state index contributed by atoms with van der Waals surface area (Å²) >= 11 is 0. The molecule has 0 saturated heterocycles. The van der Waals surface area contributed by atoms with Crippen molar-refractivity contribution in [2.24, 2.45) is 0 Å². The third-order valence-corrected chi connectivity index (χ3v) is 3.40. The minimum atomic E-state index is -0.618. The lowest BCUT2D eigenvalue weighted by Gasteiger charge is -2.21. The van der Waals surface area contributed by atoms with Gasteiger partial charge in [-0.3, -0.25) is 0 Å². The molecule has 2 heteroatoms. The van der Waals surface area contributed by atoms with Gasteiger partial charge in [0, 0.05) is 13.0 Å². The van der Waals surface area contributed by atoms with Gasteiger partial charge < -0.3 is 10.0 Å². The van der Waals surface area contributed by atoms with E-state index in [9.17, 15) is 5.11 Å². The van der Waals surface area contributed by atoms with Gasteiger partial charge in [0.2, 0.25) is 0 Å². The topological polar surface area (TPSA) is 23.5 Å². The van der Waals surface area contributed by atoms with Gasteiger partial charge in [-0.05, 0) is 57.0 Å². The third-order valence-electron chi connectivity index (χ3n) is 3.40. The van der Waals surface area contributed by atoms with Crippen LogP contribution >= 0.6 is 0 Å². The fourth-order valence-corrected chi connectivity index (χ4v) is 2.68. The molecule has 2 rings (SSSR count). The molecule has 0 atom stereocenters. The van der Waals surface area contributed by atoms with Crippen LogP contribution in [0.4, 0.5) is 0 Å². The molecule has 0 spiro atoms. The summed E-state index contributed by atoms with van der Waals surface area (Å²) < 4.78 is 0. The first kappa shape index (κ1) is 12.6.